The lowest BCUT2D eigenvalue weighted by molar-refractivity contribution is -0.156. The Labute approximate surface area is 157 Å². The topological polar surface area (TPSA) is 49.8 Å². The van der Waals surface area contributed by atoms with E-state index in [4.69, 9.17) is 4.74 Å². The van der Waals surface area contributed by atoms with Gasteiger partial charge in [0.2, 0.25) is 5.91 Å². The Balaban J connectivity index is 1.73. The average molecular weight is 360 g/mol. The van der Waals surface area contributed by atoms with Crippen LogP contribution in [0.25, 0.3) is 0 Å². The molecule has 1 aliphatic carbocycles. The maximum atomic E-state index is 12.9. The number of benzene rings is 1. The maximum absolute atomic E-state index is 12.9. The molecule has 1 amide bonds. The summed E-state index contributed by atoms with van der Waals surface area (Å²) in [6.45, 7) is 7.11. The van der Waals surface area contributed by atoms with Gasteiger partial charge >= 0.3 is 0 Å². The van der Waals surface area contributed by atoms with E-state index in [1.807, 2.05) is 56.0 Å². The highest BCUT2D eigenvalue weighted by atomic mass is 16.5. The highest BCUT2D eigenvalue weighted by molar-refractivity contribution is 5.77. The molecule has 0 spiro atoms. The molecule has 4 nitrogen and oxygen atoms in total. The van der Waals surface area contributed by atoms with Gasteiger partial charge in [-0.05, 0) is 45.6 Å². The van der Waals surface area contributed by atoms with E-state index in [9.17, 15) is 9.90 Å². The first-order valence-corrected chi connectivity index (χ1v) is 10.0. The molecule has 1 heterocycles. The molecule has 3 rings (SSSR count). The quantitative estimate of drug-likeness (QED) is 0.888. The zero-order valence-electron chi connectivity index (χ0n) is 16.4. The van der Waals surface area contributed by atoms with E-state index in [2.05, 4.69) is 0 Å². The normalized spacial score (nSPS) is 29.3. The first-order valence-electron chi connectivity index (χ1n) is 10.0. The van der Waals surface area contributed by atoms with Crippen molar-refractivity contribution in [2.24, 2.45) is 5.92 Å². The van der Waals surface area contributed by atoms with E-state index >= 15 is 0 Å². The van der Waals surface area contributed by atoms with E-state index in [1.54, 1.807) is 0 Å². The smallest absolute Gasteiger partial charge is 0.225 e. The lowest BCUT2D eigenvalue weighted by Crippen LogP contribution is -2.59. The number of hydrogen-bond donors (Lipinski definition) is 1. The van der Waals surface area contributed by atoms with Crippen molar-refractivity contribution in [3.05, 3.63) is 35.9 Å². The first-order chi connectivity index (χ1) is 12.3. The van der Waals surface area contributed by atoms with Crippen LogP contribution < -0.4 is 0 Å². The van der Waals surface area contributed by atoms with Gasteiger partial charge in [-0.25, -0.2) is 0 Å². The summed E-state index contributed by atoms with van der Waals surface area (Å²) in [4.78, 5) is 14.9. The van der Waals surface area contributed by atoms with Gasteiger partial charge in [-0.3, -0.25) is 4.79 Å². The monoisotopic (exact) mass is 359 g/mol. The Hall–Kier alpha value is -1.39. The van der Waals surface area contributed by atoms with Gasteiger partial charge < -0.3 is 14.7 Å². The molecule has 1 aliphatic heterocycles. The molecule has 1 aromatic rings. The lowest BCUT2D eigenvalue weighted by Gasteiger charge is -2.52. The number of ether oxygens (including phenoxy) is 1. The standard InChI is InChI=1S/C22H33NO3/c1-21(2,3)26-16-13-20(24)23-15-14-22(25,17-9-5-4-6-10-17)18-11-7-8-12-19(18)23/h4-6,9-10,18-19,25H,7-8,11-16H2,1-3H3/t18-,19+,22?/m0/s1. The summed E-state index contributed by atoms with van der Waals surface area (Å²) in [5.74, 6) is 0.293. The van der Waals surface area contributed by atoms with Crippen LogP contribution in [0.1, 0.15) is 64.9 Å². The number of carbonyl (C=O) groups is 1. The molecule has 0 bridgehead atoms. The Morgan fingerprint density at radius 2 is 1.92 bits per heavy atom. The number of nitrogens with zero attached hydrogens (tertiary/aromatic N) is 1. The molecule has 2 fully saturated rings. The highest BCUT2D eigenvalue weighted by Crippen LogP contribution is 2.47. The molecule has 4 heteroatoms. The minimum absolute atomic E-state index is 0.125. The summed E-state index contributed by atoms with van der Waals surface area (Å²) >= 11 is 0. The minimum Gasteiger partial charge on any atom is -0.385 e. The van der Waals surface area contributed by atoms with Crippen LogP contribution in [-0.2, 0) is 15.1 Å². The van der Waals surface area contributed by atoms with Gasteiger partial charge in [-0.1, -0.05) is 43.2 Å². The van der Waals surface area contributed by atoms with Crippen LogP contribution >= 0.6 is 0 Å². The predicted octanol–water partition coefficient (Wildman–Crippen LogP) is 3.87. The summed E-state index contributed by atoms with van der Waals surface area (Å²) < 4.78 is 5.74. The van der Waals surface area contributed by atoms with Crippen LogP contribution in [0.2, 0.25) is 0 Å². The fourth-order valence-corrected chi connectivity index (χ4v) is 4.67. The summed E-state index contributed by atoms with van der Waals surface area (Å²) in [6, 6.07) is 10.2. The van der Waals surface area contributed by atoms with Crippen molar-refractivity contribution in [3.8, 4) is 0 Å². The second kappa shape index (κ2) is 7.69. The SMILES string of the molecule is CC(C)(C)OCCC(=O)N1CCC(O)(c2ccccc2)[C@H]2CCCC[C@H]21. The zero-order valence-corrected chi connectivity index (χ0v) is 16.4. The third-order valence-electron chi connectivity index (χ3n) is 5.92. The van der Waals surface area contributed by atoms with Crippen molar-refractivity contribution in [2.45, 2.75) is 76.5 Å². The first kappa shape index (κ1) is 19.4. The third kappa shape index (κ3) is 4.12. The summed E-state index contributed by atoms with van der Waals surface area (Å²) in [5.41, 5.74) is -0.0335. The third-order valence-corrected chi connectivity index (χ3v) is 5.92. The molecule has 1 saturated heterocycles. The fourth-order valence-electron chi connectivity index (χ4n) is 4.67. The van der Waals surface area contributed by atoms with Crippen LogP contribution in [0.15, 0.2) is 30.3 Å². The molecule has 1 unspecified atom stereocenters. The van der Waals surface area contributed by atoms with Gasteiger partial charge in [0, 0.05) is 18.5 Å². The van der Waals surface area contributed by atoms with Crippen molar-refractivity contribution in [1.29, 1.82) is 0 Å². The van der Waals surface area contributed by atoms with Crippen LogP contribution in [-0.4, -0.2) is 40.7 Å². The lowest BCUT2D eigenvalue weighted by atomic mass is 9.66. The molecule has 1 N–H and O–H groups in total. The molecule has 0 aromatic heterocycles. The van der Waals surface area contributed by atoms with Crippen molar-refractivity contribution >= 4 is 5.91 Å². The van der Waals surface area contributed by atoms with E-state index in [-0.39, 0.29) is 23.5 Å². The molecule has 2 aliphatic rings. The van der Waals surface area contributed by atoms with E-state index < -0.39 is 5.60 Å². The van der Waals surface area contributed by atoms with Crippen LogP contribution in [0.5, 0.6) is 0 Å². The second-order valence-electron chi connectivity index (χ2n) is 8.80. The Kier molecular flexibility index (Phi) is 5.73. The summed E-state index contributed by atoms with van der Waals surface area (Å²) in [7, 11) is 0. The van der Waals surface area contributed by atoms with Crippen LogP contribution in [0.3, 0.4) is 0 Å². The van der Waals surface area contributed by atoms with Gasteiger partial charge in [0.1, 0.15) is 0 Å². The maximum Gasteiger partial charge on any atom is 0.225 e. The summed E-state index contributed by atoms with van der Waals surface area (Å²) in [6.07, 6.45) is 5.28. The molecule has 1 aromatic carbocycles. The predicted molar refractivity (Wildman–Crippen MR) is 103 cm³/mol. The summed E-state index contributed by atoms with van der Waals surface area (Å²) in [5, 5.41) is 11.6. The van der Waals surface area contributed by atoms with Crippen LogP contribution in [0, 0.1) is 5.92 Å². The van der Waals surface area contributed by atoms with Gasteiger partial charge in [-0.15, -0.1) is 0 Å². The van der Waals surface area contributed by atoms with Gasteiger partial charge in [-0.2, -0.15) is 0 Å². The number of amides is 1. The van der Waals surface area contributed by atoms with E-state index in [0.29, 0.717) is 26.0 Å². The zero-order chi connectivity index (χ0) is 18.8. The molecule has 0 radical (unpaired) electrons. The number of aliphatic hydroxyl groups is 1. The number of fused-ring (bicyclic) bond motifs is 1. The highest BCUT2D eigenvalue weighted by Gasteiger charge is 2.50. The molecule has 144 valence electrons. The molecule has 3 atom stereocenters. The minimum atomic E-state index is -0.814. The number of piperidine rings is 1. The fraction of sp³-hybridized carbons (Fsp3) is 0.682. The Bertz CT molecular complexity index is 610. The molecular formula is C22H33NO3. The van der Waals surface area contributed by atoms with Crippen LogP contribution in [0.4, 0.5) is 0 Å². The van der Waals surface area contributed by atoms with Gasteiger partial charge in [0.15, 0.2) is 0 Å². The van der Waals surface area contributed by atoms with Gasteiger partial charge in [0.25, 0.3) is 0 Å². The number of carbonyl (C=O) groups excluding carboxylic acids is 1. The van der Waals surface area contributed by atoms with Crippen molar-refractivity contribution < 1.29 is 14.6 Å². The van der Waals surface area contributed by atoms with Crippen molar-refractivity contribution in [3.63, 3.8) is 0 Å². The van der Waals surface area contributed by atoms with Crippen molar-refractivity contribution in [1.82, 2.24) is 4.90 Å². The molecular weight excluding hydrogens is 326 g/mol. The molecule has 26 heavy (non-hydrogen) atoms. The Morgan fingerprint density at radius 3 is 2.62 bits per heavy atom. The Morgan fingerprint density at radius 1 is 1.23 bits per heavy atom. The number of rotatable bonds is 4. The van der Waals surface area contributed by atoms with Crippen molar-refractivity contribution in [2.75, 3.05) is 13.2 Å². The average Bonchev–Trinajstić information content (AvgIpc) is 2.62. The van der Waals surface area contributed by atoms with Gasteiger partial charge in [0.05, 0.1) is 24.2 Å². The van der Waals surface area contributed by atoms with E-state index in [1.165, 1.54) is 0 Å². The number of likely N-dealkylation sites (tertiary alicyclic amines) is 1. The molecule has 1 saturated carbocycles. The van der Waals surface area contributed by atoms with E-state index in [0.717, 1.165) is 31.2 Å². The number of hydrogen-bond acceptors (Lipinski definition) is 3. The largest absolute Gasteiger partial charge is 0.385 e. The second-order valence-corrected chi connectivity index (χ2v) is 8.80.